The number of hydrogen-bond acceptors (Lipinski definition) is 5. The Hall–Kier alpha value is -2.93. The molecule has 1 heterocycles. The molecule has 1 fully saturated rings. The minimum atomic E-state index is -0.707. The molecule has 2 aromatic carbocycles. The molecule has 1 N–H and O–H groups in total. The van der Waals surface area contributed by atoms with Gasteiger partial charge in [0.2, 0.25) is 0 Å². The van der Waals surface area contributed by atoms with Crippen molar-refractivity contribution in [2.45, 2.75) is 13.0 Å². The Morgan fingerprint density at radius 1 is 1.32 bits per heavy atom. The second-order valence-electron chi connectivity index (χ2n) is 5.93. The molecule has 25 heavy (non-hydrogen) atoms. The predicted molar refractivity (Wildman–Crippen MR) is 90.5 cm³/mol. The standard InChI is InChI=1S/C18H18N2O5/c1-12-4-2-3-5-14(12)17-11-19(8-9-25-17)18(22)13-6-7-16(21)15(10-13)20(23)24/h2-7,10,17,21H,8-9,11H2,1H3. The second kappa shape index (κ2) is 6.90. The molecular weight excluding hydrogens is 324 g/mol. The van der Waals surface area contributed by atoms with Gasteiger partial charge in [-0.1, -0.05) is 24.3 Å². The van der Waals surface area contributed by atoms with Crippen molar-refractivity contribution in [2.75, 3.05) is 19.7 Å². The number of amides is 1. The number of carbonyl (C=O) groups excluding carboxylic acids is 1. The summed E-state index contributed by atoms with van der Waals surface area (Å²) in [6.45, 7) is 3.17. The molecule has 1 amide bonds. The third-order valence-electron chi connectivity index (χ3n) is 4.31. The third kappa shape index (κ3) is 3.46. The summed E-state index contributed by atoms with van der Waals surface area (Å²) < 4.78 is 5.80. The summed E-state index contributed by atoms with van der Waals surface area (Å²) in [7, 11) is 0. The van der Waals surface area contributed by atoms with Crippen LogP contribution >= 0.6 is 0 Å². The molecule has 7 heteroatoms. The largest absolute Gasteiger partial charge is 0.502 e. The number of rotatable bonds is 3. The molecule has 1 aliphatic rings. The Labute approximate surface area is 144 Å². The van der Waals surface area contributed by atoms with Gasteiger partial charge in [0.25, 0.3) is 5.91 Å². The zero-order valence-corrected chi connectivity index (χ0v) is 13.7. The van der Waals surface area contributed by atoms with Crippen LogP contribution in [-0.2, 0) is 4.74 Å². The van der Waals surface area contributed by atoms with E-state index in [2.05, 4.69) is 0 Å². The predicted octanol–water partition coefficient (Wildman–Crippen LogP) is 2.82. The van der Waals surface area contributed by atoms with E-state index in [9.17, 15) is 20.0 Å². The number of aryl methyl sites for hydroxylation is 1. The van der Waals surface area contributed by atoms with Gasteiger partial charge >= 0.3 is 5.69 Å². The number of benzene rings is 2. The van der Waals surface area contributed by atoms with Gasteiger partial charge in [-0.25, -0.2) is 0 Å². The van der Waals surface area contributed by atoms with Crippen molar-refractivity contribution >= 4 is 11.6 Å². The second-order valence-corrected chi connectivity index (χ2v) is 5.93. The number of nitrogens with zero attached hydrogens (tertiary/aromatic N) is 2. The van der Waals surface area contributed by atoms with Crippen LogP contribution in [0.2, 0.25) is 0 Å². The molecule has 0 bridgehead atoms. The lowest BCUT2D eigenvalue weighted by molar-refractivity contribution is -0.385. The maximum absolute atomic E-state index is 12.7. The summed E-state index contributed by atoms with van der Waals surface area (Å²) in [5.41, 5.74) is 1.81. The van der Waals surface area contributed by atoms with E-state index in [1.54, 1.807) is 4.90 Å². The Balaban J connectivity index is 1.82. The molecule has 1 saturated heterocycles. The quantitative estimate of drug-likeness (QED) is 0.684. The first kappa shape index (κ1) is 16.9. The van der Waals surface area contributed by atoms with E-state index >= 15 is 0 Å². The Morgan fingerprint density at radius 2 is 2.08 bits per heavy atom. The Kier molecular flexibility index (Phi) is 4.67. The molecule has 0 aliphatic carbocycles. The van der Waals surface area contributed by atoms with Crippen LogP contribution in [0.3, 0.4) is 0 Å². The van der Waals surface area contributed by atoms with Crippen LogP contribution < -0.4 is 0 Å². The summed E-state index contributed by atoms with van der Waals surface area (Å²) in [6.07, 6.45) is -0.231. The Bertz CT molecular complexity index is 821. The van der Waals surface area contributed by atoms with Crippen molar-refractivity contribution in [3.63, 3.8) is 0 Å². The van der Waals surface area contributed by atoms with Gasteiger partial charge in [-0.2, -0.15) is 0 Å². The minimum Gasteiger partial charge on any atom is -0.502 e. The lowest BCUT2D eigenvalue weighted by atomic mass is 10.0. The number of ether oxygens (including phenoxy) is 1. The topological polar surface area (TPSA) is 92.9 Å². The molecular formula is C18H18N2O5. The molecule has 1 aliphatic heterocycles. The zero-order valence-electron chi connectivity index (χ0n) is 13.7. The van der Waals surface area contributed by atoms with E-state index in [0.717, 1.165) is 17.2 Å². The van der Waals surface area contributed by atoms with Gasteiger partial charge in [0, 0.05) is 18.2 Å². The van der Waals surface area contributed by atoms with Crippen molar-refractivity contribution in [1.29, 1.82) is 0 Å². The van der Waals surface area contributed by atoms with E-state index in [1.165, 1.54) is 12.1 Å². The number of carbonyl (C=O) groups is 1. The summed E-state index contributed by atoms with van der Waals surface area (Å²) in [5.74, 6) is -0.772. The van der Waals surface area contributed by atoms with Crippen LogP contribution in [0.4, 0.5) is 5.69 Å². The van der Waals surface area contributed by atoms with Crippen molar-refractivity contribution in [3.05, 3.63) is 69.3 Å². The highest BCUT2D eigenvalue weighted by Gasteiger charge is 2.28. The molecule has 2 aromatic rings. The number of phenols is 1. The Morgan fingerprint density at radius 3 is 2.80 bits per heavy atom. The van der Waals surface area contributed by atoms with E-state index < -0.39 is 16.4 Å². The molecule has 7 nitrogen and oxygen atoms in total. The highest BCUT2D eigenvalue weighted by Crippen LogP contribution is 2.29. The van der Waals surface area contributed by atoms with Crippen LogP contribution in [0.1, 0.15) is 27.6 Å². The fourth-order valence-electron chi connectivity index (χ4n) is 2.96. The van der Waals surface area contributed by atoms with E-state index in [0.29, 0.717) is 19.7 Å². The highest BCUT2D eigenvalue weighted by molar-refractivity contribution is 5.95. The first-order valence-electron chi connectivity index (χ1n) is 7.91. The third-order valence-corrected chi connectivity index (χ3v) is 4.31. The SMILES string of the molecule is Cc1ccccc1C1CN(C(=O)c2ccc(O)c([N+](=O)[O-])c2)CCO1. The lowest BCUT2D eigenvalue weighted by Gasteiger charge is -2.33. The van der Waals surface area contributed by atoms with Crippen LogP contribution in [0.25, 0.3) is 0 Å². The maximum atomic E-state index is 12.7. The van der Waals surface area contributed by atoms with Crippen molar-refractivity contribution < 1.29 is 19.6 Å². The monoisotopic (exact) mass is 342 g/mol. The first-order chi connectivity index (χ1) is 12.0. The molecule has 130 valence electrons. The molecule has 0 radical (unpaired) electrons. The van der Waals surface area contributed by atoms with E-state index in [-0.39, 0.29) is 17.6 Å². The first-order valence-corrected chi connectivity index (χ1v) is 7.91. The molecule has 0 spiro atoms. The summed E-state index contributed by atoms with van der Waals surface area (Å²) in [6, 6.07) is 11.5. The number of nitro groups is 1. The molecule has 0 saturated carbocycles. The highest BCUT2D eigenvalue weighted by atomic mass is 16.6. The molecule has 0 aromatic heterocycles. The average Bonchev–Trinajstić information content (AvgIpc) is 2.62. The smallest absolute Gasteiger partial charge is 0.311 e. The van der Waals surface area contributed by atoms with Gasteiger partial charge in [-0.3, -0.25) is 14.9 Å². The van der Waals surface area contributed by atoms with Gasteiger partial charge in [-0.15, -0.1) is 0 Å². The molecule has 3 rings (SSSR count). The normalized spacial score (nSPS) is 17.3. The summed E-state index contributed by atoms with van der Waals surface area (Å²) >= 11 is 0. The van der Waals surface area contributed by atoms with E-state index in [4.69, 9.17) is 4.74 Å². The van der Waals surface area contributed by atoms with Gasteiger partial charge < -0.3 is 14.7 Å². The maximum Gasteiger partial charge on any atom is 0.311 e. The molecule has 1 unspecified atom stereocenters. The summed E-state index contributed by atoms with van der Waals surface area (Å²) in [4.78, 5) is 24.6. The lowest BCUT2D eigenvalue weighted by Crippen LogP contribution is -2.42. The number of nitro benzene ring substituents is 1. The van der Waals surface area contributed by atoms with Gasteiger partial charge in [-0.05, 0) is 30.2 Å². The zero-order chi connectivity index (χ0) is 18.0. The average molecular weight is 342 g/mol. The van der Waals surface area contributed by atoms with E-state index in [1.807, 2.05) is 31.2 Å². The number of aromatic hydroxyl groups is 1. The summed E-state index contributed by atoms with van der Waals surface area (Å²) in [5, 5.41) is 20.5. The fourth-order valence-corrected chi connectivity index (χ4v) is 2.96. The van der Waals surface area contributed by atoms with Gasteiger partial charge in [0.1, 0.15) is 6.10 Å². The fraction of sp³-hybridized carbons (Fsp3) is 0.278. The van der Waals surface area contributed by atoms with Crippen LogP contribution in [0, 0.1) is 17.0 Å². The number of phenolic OH excluding ortho intramolecular Hbond substituents is 1. The minimum absolute atomic E-state index is 0.176. The van der Waals surface area contributed by atoms with Gasteiger partial charge in [0.05, 0.1) is 18.1 Å². The van der Waals surface area contributed by atoms with Crippen LogP contribution in [0.15, 0.2) is 42.5 Å². The number of hydrogen-bond donors (Lipinski definition) is 1. The number of morpholine rings is 1. The van der Waals surface area contributed by atoms with Crippen molar-refractivity contribution in [1.82, 2.24) is 4.90 Å². The van der Waals surface area contributed by atoms with Crippen LogP contribution in [-0.4, -0.2) is 40.5 Å². The molecule has 1 atom stereocenters. The van der Waals surface area contributed by atoms with Crippen LogP contribution in [0.5, 0.6) is 5.75 Å². The van der Waals surface area contributed by atoms with Crippen molar-refractivity contribution in [3.8, 4) is 5.75 Å². The van der Waals surface area contributed by atoms with Gasteiger partial charge in [0.15, 0.2) is 5.75 Å². The van der Waals surface area contributed by atoms with Crippen molar-refractivity contribution in [2.24, 2.45) is 0 Å².